The van der Waals surface area contributed by atoms with Crippen molar-refractivity contribution >= 4 is 23.2 Å². The van der Waals surface area contributed by atoms with Crippen LogP contribution < -0.4 is 5.32 Å². The summed E-state index contributed by atoms with van der Waals surface area (Å²) < 4.78 is 5.42. The second-order valence-electron chi connectivity index (χ2n) is 6.79. The van der Waals surface area contributed by atoms with Crippen LogP contribution >= 0.6 is 0 Å². The zero-order valence-corrected chi connectivity index (χ0v) is 14.4. The van der Waals surface area contributed by atoms with E-state index in [1.807, 2.05) is 36.4 Å². The van der Waals surface area contributed by atoms with Crippen LogP contribution in [0.4, 0.5) is 0 Å². The van der Waals surface area contributed by atoms with Crippen LogP contribution in [0, 0.1) is 5.92 Å². The number of fused-ring (bicyclic) bond motifs is 1. The highest BCUT2D eigenvalue weighted by Crippen LogP contribution is 2.27. The van der Waals surface area contributed by atoms with Crippen molar-refractivity contribution in [3.63, 3.8) is 0 Å². The summed E-state index contributed by atoms with van der Waals surface area (Å²) in [4.78, 5) is 27.7. The molecule has 26 heavy (non-hydrogen) atoms. The third kappa shape index (κ3) is 3.25. The maximum atomic E-state index is 12.5. The zero-order chi connectivity index (χ0) is 17.9. The van der Waals surface area contributed by atoms with E-state index in [1.54, 1.807) is 12.5 Å². The van der Waals surface area contributed by atoms with E-state index in [1.165, 1.54) is 0 Å². The van der Waals surface area contributed by atoms with Gasteiger partial charge in [-0.2, -0.15) is 0 Å². The fourth-order valence-electron chi connectivity index (χ4n) is 3.57. The number of amides is 1. The quantitative estimate of drug-likeness (QED) is 0.724. The maximum absolute atomic E-state index is 12.5. The fourth-order valence-corrected chi connectivity index (χ4v) is 3.57. The lowest BCUT2D eigenvalue weighted by molar-refractivity contribution is -0.111. The zero-order valence-electron chi connectivity index (χ0n) is 14.4. The van der Waals surface area contributed by atoms with Crippen LogP contribution in [0.15, 0.2) is 53.3 Å². The molecule has 0 saturated heterocycles. The van der Waals surface area contributed by atoms with Crippen LogP contribution in [-0.2, 0) is 4.79 Å². The van der Waals surface area contributed by atoms with Crippen molar-refractivity contribution in [2.45, 2.75) is 31.7 Å². The van der Waals surface area contributed by atoms with Crippen molar-refractivity contribution in [1.82, 2.24) is 10.3 Å². The molecule has 5 heteroatoms. The third-order valence-corrected chi connectivity index (χ3v) is 5.10. The molecule has 132 valence electrons. The molecule has 0 bridgehead atoms. The van der Waals surface area contributed by atoms with E-state index in [4.69, 9.17) is 4.42 Å². The first-order valence-corrected chi connectivity index (χ1v) is 8.93. The molecule has 1 aliphatic rings. The summed E-state index contributed by atoms with van der Waals surface area (Å²) >= 11 is 0. The Morgan fingerprint density at radius 3 is 2.58 bits per heavy atom. The van der Waals surface area contributed by atoms with Gasteiger partial charge >= 0.3 is 0 Å². The molecule has 2 aromatic heterocycles. The minimum absolute atomic E-state index is 0.0689. The van der Waals surface area contributed by atoms with Crippen LogP contribution in [0.2, 0.25) is 0 Å². The summed E-state index contributed by atoms with van der Waals surface area (Å²) in [7, 11) is 0. The van der Waals surface area contributed by atoms with Crippen molar-refractivity contribution in [1.29, 1.82) is 0 Å². The summed E-state index contributed by atoms with van der Waals surface area (Å²) in [6.45, 7) is 0. The van der Waals surface area contributed by atoms with Gasteiger partial charge in [0.2, 0.25) is 0 Å². The lowest BCUT2D eigenvalue weighted by atomic mass is 9.87. The SMILES string of the molecule is O=C[C@H]1CC[C@H](NC(=O)c2ccc(-c3nccc4occc34)cc2)CC1. The van der Waals surface area contributed by atoms with E-state index in [9.17, 15) is 9.59 Å². The Balaban J connectivity index is 1.47. The molecule has 2 heterocycles. The van der Waals surface area contributed by atoms with Gasteiger partial charge in [-0.15, -0.1) is 0 Å². The number of carbonyl (C=O) groups excluding carboxylic acids is 2. The lowest BCUT2D eigenvalue weighted by Crippen LogP contribution is -2.37. The Bertz CT molecular complexity index is 922. The van der Waals surface area contributed by atoms with Crippen molar-refractivity contribution in [3.8, 4) is 11.3 Å². The molecule has 4 rings (SSSR count). The van der Waals surface area contributed by atoms with Crippen LogP contribution in [0.1, 0.15) is 36.0 Å². The molecular formula is C21H20N2O3. The summed E-state index contributed by atoms with van der Waals surface area (Å²) in [6.07, 6.45) is 7.83. The first kappa shape index (κ1) is 16.5. The van der Waals surface area contributed by atoms with E-state index in [2.05, 4.69) is 10.3 Å². The first-order chi connectivity index (χ1) is 12.7. The highest BCUT2D eigenvalue weighted by atomic mass is 16.3. The molecule has 0 spiro atoms. The van der Waals surface area contributed by atoms with Crippen molar-refractivity contribution in [2.24, 2.45) is 5.92 Å². The number of pyridine rings is 1. The number of benzene rings is 1. The highest BCUT2D eigenvalue weighted by molar-refractivity contribution is 5.96. The summed E-state index contributed by atoms with van der Waals surface area (Å²) in [6, 6.07) is 11.3. The summed E-state index contributed by atoms with van der Waals surface area (Å²) in [5, 5.41) is 4.03. The molecule has 0 radical (unpaired) electrons. The van der Waals surface area contributed by atoms with Gasteiger partial charge in [0.15, 0.2) is 0 Å². The number of nitrogens with one attached hydrogen (secondary N) is 1. The number of aldehydes is 1. The minimum atomic E-state index is -0.0689. The predicted octanol–water partition coefficient (Wildman–Crippen LogP) is 3.98. The average molecular weight is 348 g/mol. The molecular weight excluding hydrogens is 328 g/mol. The maximum Gasteiger partial charge on any atom is 0.251 e. The molecule has 1 aliphatic carbocycles. The summed E-state index contributed by atoms with van der Waals surface area (Å²) in [5.74, 6) is 0.0844. The van der Waals surface area contributed by atoms with Gasteiger partial charge in [0.1, 0.15) is 11.9 Å². The molecule has 0 unspecified atom stereocenters. The van der Waals surface area contributed by atoms with Gasteiger partial charge in [0, 0.05) is 34.7 Å². The minimum Gasteiger partial charge on any atom is -0.464 e. The molecule has 0 aliphatic heterocycles. The second-order valence-corrected chi connectivity index (χ2v) is 6.79. The van der Waals surface area contributed by atoms with Crippen molar-refractivity contribution < 1.29 is 14.0 Å². The normalized spacial score (nSPS) is 20.0. The Kier molecular flexibility index (Phi) is 4.52. The van der Waals surface area contributed by atoms with E-state index in [-0.39, 0.29) is 17.9 Å². The summed E-state index contributed by atoms with van der Waals surface area (Å²) in [5.41, 5.74) is 3.21. The van der Waals surface area contributed by atoms with Crippen LogP contribution in [0.3, 0.4) is 0 Å². The van der Waals surface area contributed by atoms with Gasteiger partial charge in [-0.3, -0.25) is 9.78 Å². The number of carbonyl (C=O) groups is 2. The van der Waals surface area contributed by atoms with Gasteiger partial charge in [-0.25, -0.2) is 0 Å². The number of aromatic nitrogens is 1. The Hall–Kier alpha value is -2.95. The highest BCUT2D eigenvalue weighted by Gasteiger charge is 2.22. The number of hydrogen-bond donors (Lipinski definition) is 1. The molecule has 5 nitrogen and oxygen atoms in total. The number of nitrogens with zero attached hydrogens (tertiary/aromatic N) is 1. The van der Waals surface area contributed by atoms with Gasteiger partial charge in [0.25, 0.3) is 5.91 Å². The van der Waals surface area contributed by atoms with Crippen LogP contribution in [-0.4, -0.2) is 23.2 Å². The first-order valence-electron chi connectivity index (χ1n) is 8.93. The topological polar surface area (TPSA) is 72.2 Å². The Labute approximate surface area is 151 Å². The van der Waals surface area contributed by atoms with Crippen LogP contribution in [0.5, 0.6) is 0 Å². The monoisotopic (exact) mass is 348 g/mol. The van der Waals surface area contributed by atoms with E-state index >= 15 is 0 Å². The predicted molar refractivity (Wildman–Crippen MR) is 98.7 cm³/mol. The van der Waals surface area contributed by atoms with Gasteiger partial charge in [0.05, 0.1) is 12.0 Å². The van der Waals surface area contributed by atoms with Gasteiger partial charge in [-0.05, 0) is 49.9 Å². The molecule has 3 aromatic rings. The van der Waals surface area contributed by atoms with Crippen molar-refractivity contribution in [3.05, 3.63) is 54.4 Å². The largest absolute Gasteiger partial charge is 0.464 e. The number of rotatable bonds is 4. The van der Waals surface area contributed by atoms with E-state index in [0.29, 0.717) is 5.56 Å². The smallest absolute Gasteiger partial charge is 0.251 e. The lowest BCUT2D eigenvalue weighted by Gasteiger charge is -2.26. The van der Waals surface area contributed by atoms with Gasteiger partial charge < -0.3 is 14.5 Å². The van der Waals surface area contributed by atoms with Crippen LogP contribution in [0.25, 0.3) is 22.2 Å². The molecule has 1 fully saturated rings. The molecule has 1 aromatic carbocycles. The van der Waals surface area contributed by atoms with E-state index in [0.717, 1.165) is 54.2 Å². The molecule has 1 amide bonds. The fraction of sp³-hybridized carbons (Fsp3) is 0.286. The Morgan fingerprint density at radius 1 is 1.08 bits per heavy atom. The second kappa shape index (κ2) is 7.12. The molecule has 0 atom stereocenters. The standard InChI is InChI=1S/C21H20N2O3/c24-13-14-1-7-17(8-2-14)23-21(25)16-5-3-15(4-6-16)20-18-10-12-26-19(18)9-11-22-20/h3-6,9-14,17H,1-2,7-8H2,(H,23,25)/t14-,17-. The molecule has 1 N–H and O–H groups in total. The van der Waals surface area contributed by atoms with Crippen molar-refractivity contribution in [2.75, 3.05) is 0 Å². The number of hydrogen-bond acceptors (Lipinski definition) is 4. The van der Waals surface area contributed by atoms with E-state index < -0.39 is 0 Å². The Morgan fingerprint density at radius 2 is 1.85 bits per heavy atom. The molecule has 1 saturated carbocycles. The number of furan rings is 1. The average Bonchev–Trinajstić information content (AvgIpc) is 3.17. The third-order valence-electron chi connectivity index (χ3n) is 5.10. The van der Waals surface area contributed by atoms with Gasteiger partial charge in [-0.1, -0.05) is 12.1 Å².